The SMILES string of the molecule is NCc1nonc1-c1ccco1. The highest BCUT2D eigenvalue weighted by Crippen LogP contribution is 2.19. The molecule has 2 aromatic rings. The number of nitrogens with zero attached hydrogens (tertiary/aromatic N) is 2. The van der Waals surface area contributed by atoms with Gasteiger partial charge in [-0.05, 0) is 17.3 Å². The first kappa shape index (κ1) is 7.05. The Morgan fingerprint density at radius 1 is 1.42 bits per heavy atom. The fraction of sp³-hybridized carbons (Fsp3) is 0.143. The molecule has 0 spiro atoms. The van der Waals surface area contributed by atoms with Crippen molar-refractivity contribution in [2.24, 2.45) is 5.73 Å². The van der Waals surface area contributed by atoms with Crippen LogP contribution in [0.1, 0.15) is 5.69 Å². The number of rotatable bonds is 2. The average molecular weight is 165 g/mol. The Morgan fingerprint density at radius 3 is 3.00 bits per heavy atom. The van der Waals surface area contributed by atoms with Gasteiger partial charge in [0.25, 0.3) is 0 Å². The van der Waals surface area contributed by atoms with Crippen molar-refractivity contribution in [3.63, 3.8) is 0 Å². The minimum Gasteiger partial charge on any atom is -0.463 e. The fourth-order valence-electron chi connectivity index (χ4n) is 0.941. The average Bonchev–Trinajstić information content (AvgIpc) is 2.74. The van der Waals surface area contributed by atoms with E-state index in [0.29, 0.717) is 23.7 Å². The molecule has 0 atom stereocenters. The van der Waals surface area contributed by atoms with Gasteiger partial charge in [-0.1, -0.05) is 5.16 Å². The Kier molecular flexibility index (Phi) is 1.64. The van der Waals surface area contributed by atoms with Gasteiger partial charge in [-0.15, -0.1) is 0 Å². The Bertz CT molecular complexity index is 352. The molecule has 0 saturated carbocycles. The van der Waals surface area contributed by atoms with E-state index in [2.05, 4.69) is 14.9 Å². The molecule has 0 aromatic carbocycles. The molecule has 5 heteroatoms. The van der Waals surface area contributed by atoms with Crippen molar-refractivity contribution in [2.75, 3.05) is 0 Å². The Balaban J connectivity index is 2.46. The van der Waals surface area contributed by atoms with E-state index >= 15 is 0 Å². The van der Waals surface area contributed by atoms with Gasteiger partial charge in [0, 0.05) is 6.54 Å². The maximum atomic E-state index is 5.40. The third-order valence-electron chi connectivity index (χ3n) is 1.50. The van der Waals surface area contributed by atoms with Crippen LogP contribution in [0.4, 0.5) is 0 Å². The van der Waals surface area contributed by atoms with Gasteiger partial charge < -0.3 is 10.2 Å². The molecule has 0 radical (unpaired) electrons. The summed E-state index contributed by atoms with van der Waals surface area (Å²) in [4.78, 5) is 0. The van der Waals surface area contributed by atoms with Crippen molar-refractivity contribution in [1.29, 1.82) is 0 Å². The molecule has 2 N–H and O–H groups in total. The Morgan fingerprint density at radius 2 is 2.33 bits per heavy atom. The van der Waals surface area contributed by atoms with Crippen molar-refractivity contribution in [2.45, 2.75) is 6.54 Å². The van der Waals surface area contributed by atoms with Crippen LogP contribution in [-0.2, 0) is 6.54 Å². The number of hydrogen-bond acceptors (Lipinski definition) is 5. The molecule has 0 aliphatic heterocycles. The minimum atomic E-state index is 0.291. The second-order valence-corrected chi connectivity index (χ2v) is 2.24. The molecular weight excluding hydrogens is 158 g/mol. The predicted octanol–water partition coefficient (Wildman–Crippen LogP) is 0.788. The summed E-state index contributed by atoms with van der Waals surface area (Å²) in [6.45, 7) is 0.291. The molecule has 2 rings (SSSR count). The van der Waals surface area contributed by atoms with Gasteiger partial charge in [0.05, 0.1) is 6.26 Å². The zero-order valence-electron chi connectivity index (χ0n) is 6.23. The molecule has 62 valence electrons. The van der Waals surface area contributed by atoms with Crippen LogP contribution in [0.5, 0.6) is 0 Å². The zero-order valence-corrected chi connectivity index (χ0v) is 6.23. The fourth-order valence-corrected chi connectivity index (χ4v) is 0.941. The molecular formula is C7H7N3O2. The smallest absolute Gasteiger partial charge is 0.174 e. The quantitative estimate of drug-likeness (QED) is 0.711. The lowest BCUT2D eigenvalue weighted by Gasteiger charge is -1.89. The monoisotopic (exact) mass is 165 g/mol. The lowest BCUT2D eigenvalue weighted by atomic mass is 10.2. The second-order valence-electron chi connectivity index (χ2n) is 2.24. The predicted molar refractivity (Wildman–Crippen MR) is 39.9 cm³/mol. The summed E-state index contributed by atoms with van der Waals surface area (Å²) in [5, 5.41) is 7.29. The van der Waals surface area contributed by atoms with E-state index in [4.69, 9.17) is 10.2 Å². The van der Waals surface area contributed by atoms with E-state index in [1.165, 1.54) is 0 Å². The van der Waals surface area contributed by atoms with Crippen LogP contribution in [0.2, 0.25) is 0 Å². The number of nitrogens with two attached hydrogens (primary N) is 1. The van der Waals surface area contributed by atoms with E-state index in [1.807, 2.05) is 0 Å². The Labute approximate surface area is 68.1 Å². The molecule has 0 aliphatic carbocycles. The summed E-state index contributed by atoms with van der Waals surface area (Å²) in [5.74, 6) is 0.622. The van der Waals surface area contributed by atoms with E-state index in [-0.39, 0.29) is 0 Å². The summed E-state index contributed by atoms with van der Waals surface area (Å²) in [6, 6.07) is 3.54. The molecule has 0 unspecified atom stereocenters. The van der Waals surface area contributed by atoms with E-state index in [9.17, 15) is 0 Å². The largest absolute Gasteiger partial charge is 0.463 e. The van der Waals surface area contributed by atoms with Crippen LogP contribution < -0.4 is 5.73 Å². The first-order chi connectivity index (χ1) is 5.92. The van der Waals surface area contributed by atoms with Crippen LogP contribution in [0, 0.1) is 0 Å². The van der Waals surface area contributed by atoms with Gasteiger partial charge in [-0.2, -0.15) is 0 Å². The molecule has 5 nitrogen and oxygen atoms in total. The van der Waals surface area contributed by atoms with Crippen molar-refractivity contribution in [3.8, 4) is 11.5 Å². The van der Waals surface area contributed by atoms with Gasteiger partial charge >= 0.3 is 0 Å². The maximum absolute atomic E-state index is 5.40. The lowest BCUT2D eigenvalue weighted by molar-refractivity contribution is 0.304. The number of furan rings is 1. The molecule has 2 aromatic heterocycles. The molecule has 12 heavy (non-hydrogen) atoms. The molecule has 0 fully saturated rings. The van der Waals surface area contributed by atoms with Gasteiger partial charge in [0.15, 0.2) is 11.5 Å². The molecule has 0 aliphatic rings. The third-order valence-corrected chi connectivity index (χ3v) is 1.50. The highest BCUT2D eigenvalue weighted by molar-refractivity contribution is 5.53. The van der Waals surface area contributed by atoms with Crippen molar-refractivity contribution < 1.29 is 9.05 Å². The maximum Gasteiger partial charge on any atom is 0.174 e. The zero-order chi connectivity index (χ0) is 8.39. The topological polar surface area (TPSA) is 78.1 Å². The van der Waals surface area contributed by atoms with Crippen LogP contribution in [0.25, 0.3) is 11.5 Å². The van der Waals surface area contributed by atoms with Crippen molar-refractivity contribution in [1.82, 2.24) is 10.3 Å². The van der Waals surface area contributed by atoms with Crippen molar-refractivity contribution in [3.05, 3.63) is 24.1 Å². The lowest BCUT2D eigenvalue weighted by Crippen LogP contribution is -1.97. The second kappa shape index (κ2) is 2.78. The molecule has 2 heterocycles. The molecule has 0 amide bonds. The summed E-state index contributed by atoms with van der Waals surface area (Å²) in [7, 11) is 0. The van der Waals surface area contributed by atoms with Gasteiger partial charge in [0.2, 0.25) is 0 Å². The van der Waals surface area contributed by atoms with E-state index in [0.717, 1.165) is 0 Å². The van der Waals surface area contributed by atoms with Crippen LogP contribution >= 0.6 is 0 Å². The normalized spacial score (nSPS) is 10.4. The van der Waals surface area contributed by atoms with Gasteiger partial charge in [-0.25, -0.2) is 4.63 Å². The van der Waals surface area contributed by atoms with Crippen molar-refractivity contribution >= 4 is 0 Å². The highest BCUT2D eigenvalue weighted by Gasteiger charge is 2.12. The standard InChI is InChI=1S/C7H7N3O2/c8-4-5-7(10-12-9-5)6-2-1-3-11-6/h1-3H,4,8H2. The summed E-state index contributed by atoms with van der Waals surface area (Å²) >= 11 is 0. The van der Waals surface area contributed by atoms with Crippen LogP contribution in [0.15, 0.2) is 27.4 Å². The number of aromatic nitrogens is 2. The summed E-state index contributed by atoms with van der Waals surface area (Å²) < 4.78 is 9.62. The van der Waals surface area contributed by atoms with E-state index < -0.39 is 0 Å². The summed E-state index contributed by atoms with van der Waals surface area (Å²) in [6.07, 6.45) is 1.56. The third kappa shape index (κ3) is 0.998. The minimum absolute atomic E-state index is 0.291. The first-order valence-electron chi connectivity index (χ1n) is 3.47. The first-order valence-corrected chi connectivity index (χ1v) is 3.47. The summed E-state index contributed by atoms with van der Waals surface area (Å²) in [5.41, 5.74) is 6.57. The molecule has 0 saturated heterocycles. The Hall–Kier alpha value is -1.62. The van der Waals surface area contributed by atoms with Crippen LogP contribution in [0.3, 0.4) is 0 Å². The van der Waals surface area contributed by atoms with Gasteiger partial charge in [0.1, 0.15) is 5.69 Å². The van der Waals surface area contributed by atoms with Crippen LogP contribution in [-0.4, -0.2) is 10.3 Å². The van der Waals surface area contributed by atoms with Gasteiger partial charge in [-0.3, -0.25) is 0 Å². The number of hydrogen-bond donors (Lipinski definition) is 1. The van der Waals surface area contributed by atoms with E-state index in [1.54, 1.807) is 18.4 Å². The highest BCUT2D eigenvalue weighted by atomic mass is 16.6. The molecule has 0 bridgehead atoms.